The molecule has 2 aromatic heterocycles. The lowest BCUT2D eigenvalue weighted by Crippen LogP contribution is -2.36. The maximum absolute atomic E-state index is 12.5. The zero-order valence-corrected chi connectivity index (χ0v) is 18.2. The van der Waals surface area contributed by atoms with Gasteiger partial charge in [-0.25, -0.2) is 4.98 Å². The Bertz CT molecular complexity index is 1280. The number of thiophene rings is 1. The van der Waals surface area contributed by atoms with Crippen LogP contribution in [0.4, 0.5) is 0 Å². The Balaban J connectivity index is 1.59. The minimum Gasteiger partial charge on any atom is -0.493 e. The minimum atomic E-state index is -0.0740. The lowest BCUT2D eigenvalue weighted by atomic mass is 9.87. The van der Waals surface area contributed by atoms with E-state index in [4.69, 9.17) is 14.5 Å². The highest BCUT2D eigenvalue weighted by Gasteiger charge is 2.31. The Morgan fingerprint density at radius 1 is 1.13 bits per heavy atom. The zero-order chi connectivity index (χ0) is 21.4. The SMILES string of the molecule is COc1cc2c(cc1OC)C(c1ccccc1)N(Cc1nc3ccsc3c(=O)[nH]1)CC2. The van der Waals surface area contributed by atoms with Gasteiger partial charge in [-0.3, -0.25) is 9.69 Å². The molecule has 1 aliphatic rings. The standard InChI is InChI=1S/C24H23N3O3S/c1-29-19-12-16-8-10-27(14-21-25-18-9-11-31-23(18)24(28)26-21)22(15-6-4-3-5-7-15)17(16)13-20(19)30-2/h3-7,9,11-13,22H,8,10,14H2,1-2H3,(H,25,26,28). The largest absolute Gasteiger partial charge is 0.493 e. The Labute approximate surface area is 184 Å². The highest BCUT2D eigenvalue weighted by Crippen LogP contribution is 2.41. The molecule has 1 N–H and O–H groups in total. The number of hydrogen-bond acceptors (Lipinski definition) is 6. The number of aromatic nitrogens is 2. The molecule has 158 valence electrons. The molecular formula is C24H23N3O3S. The van der Waals surface area contributed by atoms with Crippen LogP contribution in [0, 0.1) is 0 Å². The van der Waals surface area contributed by atoms with Crippen LogP contribution in [0.1, 0.15) is 28.6 Å². The van der Waals surface area contributed by atoms with E-state index in [2.05, 4.69) is 46.3 Å². The fourth-order valence-electron chi connectivity index (χ4n) is 4.38. The summed E-state index contributed by atoms with van der Waals surface area (Å²) in [5.41, 5.74) is 4.31. The van der Waals surface area contributed by atoms with Crippen LogP contribution in [0.3, 0.4) is 0 Å². The van der Waals surface area contributed by atoms with Crippen molar-refractivity contribution in [3.05, 3.63) is 86.8 Å². The van der Waals surface area contributed by atoms with E-state index in [1.165, 1.54) is 28.0 Å². The van der Waals surface area contributed by atoms with E-state index < -0.39 is 0 Å². The van der Waals surface area contributed by atoms with Crippen molar-refractivity contribution in [3.8, 4) is 11.5 Å². The van der Waals surface area contributed by atoms with Gasteiger partial charge in [0.15, 0.2) is 11.5 Å². The van der Waals surface area contributed by atoms with Crippen LogP contribution < -0.4 is 15.0 Å². The smallest absolute Gasteiger partial charge is 0.268 e. The molecule has 0 radical (unpaired) electrons. The molecule has 0 aliphatic carbocycles. The molecule has 7 heteroatoms. The van der Waals surface area contributed by atoms with Gasteiger partial charge in [0.05, 0.1) is 32.3 Å². The number of H-pyrrole nitrogens is 1. The second kappa shape index (κ2) is 8.17. The molecule has 1 aliphatic heterocycles. The van der Waals surface area contributed by atoms with Gasteiger partial charge in [0.2, 0.25) is 0 Å². The third-order valence-corrected chi connectivity index (χ3v) is 6.71. The maximum atomic E-state index is 12.5. The molecule has 0 saturated carbocycles. The molecule has 1 unspecified atom stereocenters. The van der Waals surface area contributed by atoms with Crippen molar-refractivity contribution in [1.29, 1.82) is 0 Å². The average Bonchev–Trinajstić information content (AvgIpc) is 3.28. The number of nitrogens with one attached hydrogen (secondary N) is 1. The molecule has 0 bridgehead atoms. The van der Waals surface area contributed by atoms with Crippen molar-refractivity contribution >= 4 is 21.6 Å². The Morgan fingerprint density at radius 3 is 2.68 bits per heavy atom. The van der Waals surface area contributed by atoms with Crippen LogP contribution in [0.5, 0.6) is 11.5 Å². The maximum Gasteiger partial charge on any atom is 0.268 e. The fourth-order valence-corrected chi connectivity index (χ4v) is 5.11. The van der Waals surface area contributed by atoms with Crippen molar-refractivity contribution < 1.29 is 9.47 Å². The van der Waals surface area contributed by atoms with Gasteiger partial charge >= 0.3 is 0 Å². The minimum absolute atomic E-state index is 0.0215. The Hall–Kier alpha value is -3.16. The van der Waals surface area contributed by atoms with Crippen molar-refractivity contribution in [2.75, 3.05) is 20.8 Å². The lowest BCUT2D eigenvalue weighted by Gasteiger charge is -2.37. The Kier molecular flexibility index (Phi) is 5.21. The van der Waals surface area contributed by atoms with Crippen LogP contribution in [-0.4, -0.2) is 35.6 Å². The van der Waals surface area contributed by atoms with E-state index in [0.717, 1.165) is 30.0 Å². The molecule has 0 amide bonds. The number of methoxy groups -OCH3 is 2. The normalized spacial score (nSPS) is 16.3. The number of hydrogen-bond donors (Lipinski definition) is 1. The average molecular weight is 434 g/mol. The number of aromatic amines is 1. The summed E-state index contributed by atoms with van der Waals surface area (Å²) < 4.78 is 11.8. The number of rotatable bonds is 5. The van der Waals surface area contributed by atoms with Crippen LogP contribution in [0.15, 0.2) is 58.7 Å². The summed E-state index contributed by atoms with van der Waals surface area (Å²) in [5.74, 6) is 2.14. The van der Waals surface area contributed by atoms with Crippen molar-refractivity contribution in [2.24, 2.45) is 0 Å². The summed E-state index contributed by atoms with van der Waals surface area (Å²) in [5, 5.41) is 1.90. The molecular weight excluding hydrogens is 410 g/mol. The van der Waals surface area contributed by atoms with Gasteiger partial charge in [0.1, 0.15) is 10.5 Å². The quantitative estimate of drug-likeness (QED) is 0.512. The van der Waals surface area contributed by atoms with Gasteiger partial charge in [0, 0.05) is 6.54 Å². The molecule has 0 saturated heterocycles. The fraction of sp³-hybridized carbons (Fsp3) is 0.250. The van der Waals surface area contributed by atoms with Gasteiger partial charge in [-0.2, -0.15) is 0 Å². The zero-order valence-electron chi connectivity index (χ0n) is 17.4. The van der Waals surface area contributed by atoms with Crippen LogP contribution in [-0.2, 0) is 13.0 Å². The summed E-state index contributed by atoms with van der Waals surface area (Å²) in [6.07, 6.45) is 0.879. The predicted octanol–water partition coefficient (Wildman–Crippen LogP) is 4.15. The third kappa shape index (κ3) is 3.60. The molecule has 3 heterocycles. The first-order chi connectivity index (χ1) is 15.2. The predicted molar refractivity (Wildman–Crippen MR) is 122 cm³/mol. The van der Waals surface area contributed by atoms with Gasteiger partial charge in [-0.1, -0.05) is 30.3 Å². The molecule has 31 heavy (non-hydrogen) atoms. The van der Waals surface area contributed by atoms with Crippen LogP contribution in [0.2, 0.25) is 0 Å². The van der Waals surface area contributed by atoms with Crippen molar-refractivity contribution in [2.45, 2.75) is 19.0 Å². The Morgan fingerprint density at radius 2 is 1.90 bits per heavy atom. The molecule has 0 fully saturated rings. The third-order valence-electron chi connectivity index (χ3n) is 5.81. The molecule has 5 rings (SSSR count). The summed E-state index contributed by atoms with van der Waals surface area (Å²) >= 11 is 1.42. The highest BCUT2D eigenvalue weighted by atomic mass is 32.1. The second-order valence-corrected chi connectivity index (χ2v) is 8.50. The summed E-state index contributed by atoms with van der Waals surface area (Å²) in [6.45, 7) is 1.39. The van der Waals surface area contributed by atoms with E-state index in [1.54, 1.807) is 14.2 Å². The van der Waals surface area contributed by atoms with Crippen molar-refractivity contribution in [1.82, 2.24) is 14.9 Å². The van der Waals surface area contributed by atoms with E-state index in [1.807, 2.05) is 17.5 Å². The second-order valence-electron chi connectivity index (χ2n) is 7.59. The van der Waals surface area contributed by atoms with Gasteiger partial charge in [-0.15, -0.1) is 11.3 Å². The van der Waals surface area contributed by atoms with Gasteiger partial charge in [0.25, 0.3) is 5.56 Å². The molecule has 2 aromatic carbocycles. The first-order valence-electron chi connectivity index (χ1n) is 10.2. The summed E-state index contributed by atoms with van der Waals surface area (Å²) in [4.78, 5) is 22.5. The van der Waals surface area contributed by atoms with E-state index in [0.29, 0.717) is 17.1 Å². The van der Waals surface area contributed by atoms with Gasteiger partial charge < -0.3 is 14.5 Å². The molecule has 1 atom stereocenters. The number of ether oxygens (including phenoxy) is 2. The van der Waals surface area contributed by atoms with Crippen molar-refractivity contribution in [3.63, 3.8) is 0 Å². The first kappa shape index (κ1) is 19.8. The number of benzene rings is 2. The molecule has 4 aromatic rings. The number of fused-ring (bicyclic) bond motifs is 2. The molecule has 0 spiro atoms. The first-order valence-corrected chi connectivity index (χ1v) is 11.1. The van der Waals surface area contributed by atoms with Crippen LogP contribution in [0.25, 0.3) is 10.2 Å². The topological polar surface area (TPSA) is 67.5 Å². The number of nitrogens with zero attached hydrogens (tertiary/aromatic N) is 2. The van der Waals surface area contributed by atoms with E-state index >= 15 is 0 Å². The molecule has 6 nitrogen and oxygen atoms in total. The van der Waals surface area contributed by atoms with E-state index in [-0.39, 0.29) is 11.6 Å². The monoisotopic (exact) mass is 433 g/mol. The summed E-state index contributed by atoms with van der Waals surface area (Å²) in [6, 6.07) is 16.5. The lowest BCUT2D eigenvalue weighted by molar-refractivity contribution is 0.198. The van der Waals surface area contributed by atoms with Crippen LogP contribution >= 0.6 is 11.3 Å². The highest BCUT2D eigenvalue weighted by molar-refractivity contribution is 7.17. The van der Waals surface area contributed by atoms with Gasteiger partial charge in [-0.05, 0) is 46.7 Å². The summed E-state index contributed by atoms with van der Waals surface area (Å²) in [7, 11) is 3.32. The van der Waals surface area contributed by atoms with E-state index in [9.17, 15) is 4.79 Å².